The number of nitriles is 1. The number of hydrogen-bond donors (Lipinski definition) is 1. The number of benzene rings is 1. The highest BCUT2D eigenvalue weighted by Crippen LogP contribution is 2.24. The summed E-state index contributed by atoms with van der Waals surface area (Å²) in [7, 11) is 0. The largest absolute Gasteiger partial charge is 0.488 e. The molecule has 0 saturated heterocycles. The van der Waals surface area contributed by atoms with Crippen molar-refractivity contribution in [3.8, 4) is 11.8 Å². The molecule has 0 heterocycles. The minimum absolute atomic E-state index is 0.126. The number of ether oxygens (including phenoxy) is 1. The highest BCUT2D eigenvalue weighted by atomic mass is 19.1. The summed E-state index contributed by atoms with van der Waals surface area (Å²) >= 11 is 0. The van der Waals surface area contributed by atoms with E-state index in [1.165, 1.54) is 12.1 Å². The molecule has 3 nitrogen and oxygen atoms in total. The maximum absolute atomic E-state index is 13.8. The van der Waals surface area contributed by atoms with Crippen molar-refractivity contribution < 1.29 is 13.5 Å². The lowest BCUT2D eigenvalue weighted by molar-refractivity contribution is 0.280. The Morgan fingerprint density at radius 2 is 1.85 bits per heavy atom. The first-order valence-electron chi connectivity index (χ1n) is 6.56. The summed E-state index contributed by atoms with van der Waals surface area (Å²) in [6.45, 7) is 6.44. The topological polar surface area (TPSA) is 45.0 Å². The molecule has 0 aromatic heterocycles. The van der Waals surface area contributed by atoms with Crippen molar-refractivity contribution >= 4 is 0 Å². The third-order valence-electron chi connectivity index (χ3n) is 2.56. The molecule has 0 spiro atoms. The number of nitrogens with one attached hydrogen (secondary N) is 1. The Labute approximate surface area is 118 Å². The van der Waals surface area contributed by atoms with E-state index in [1.54, 1.807) is 0 Å². The molecule has 110 valence electrons. The van der Waals surface area contributed by atoms with Crippen LogP contribution in [0.1, 0.15) is 39.2 Å². The summed E-state index contributed by atoms with van der Waals surface area (Å²) in [4.78, 5) is 0. The molecule has 0 fully saturated rings. The summed E-state index contributed by atoms with van der Waals surface area (Å²) in [6.07, 6.45) is 0.750. The third-order valence-corrected chi connectivity index (χ3v) is 2.56. The number of halogens is 2. The zero-order chi connectivity index (χ0) is 15.2. The van der Waals surface area contributed by atoms with Crippen molar-refractivity contribution in [2.75, 3.05) is 6.61 Å². The highest BCUT2D eigenvalue weighted by Gasteiger charge is 2.14. The van der Waals surface area contributed by atoms with Gasteiger partial charge in [-0.2, -0.15) is 5.26 Å². The molecule has 1 aromatic rings. The van der Waals surface area contributed by atoms with Gasteiger partial charge in [-0.1, -0.05) is 0 Å². The molecular formula is C15H20F2N2O. The molecular weight excluding hydrogens is 262 g/mol. The van der Waals surface area contributed by atoms with Crippen LogP contribution in [-0.4, -0.2) is 12.1 Å². The molecule has 0 bridgehead atoms. The van der Waals surface area contributed by atoms with Gasteiger partial charge in [-0.05, 0) is 44.9 Å². The van der Waals surface area contributed by atoms with Crippen molar-refractivity contribution in [2.24, 2.45) is 0 Å². The van der Waals surface area contributed by atoms with Crippen molar-refractivity contribution in [3.63, 3.8) is 0 Å². The standard InChI is InChI=1S/C15H20F2N2O/c1-15(2,3)19-10-11-8-12(16)14(13(17)9-11)20-7-5-4-6-18/h8-9,19H,4-5,7,10H2,1-3H3. The van der Waals surface area contributed by atoms with Gasteiger partial charge in [-0.25, -0.2) is 8.78 Å². The maximum atomic E-state index is 13.8. The van der Waals surface area contributed by atoms with Crippen LogP contribution in [0, 0.1) is 23.0 Å². The summed E-state index contributed by atoms with van der Waals surface area (Å²) in [5.41, 5.74) is 0.402. The number of nitrogens with zero attached hydrogens (tertiary/aromatic N) is 1. The van der Waals surface area contributed by atoms with Gasteiger partial charge in [0.05, 0.1) is 12.7 Å². The predicted molar refractivity (Wildman–Crippen MR) is 73.3 cm³/mol. The van der Waals surface area contributed by atoms with Crippen molar-refractivity contribution in [1.29, 1.82) is 5.26 Å². The van der Waals surface area contributed by atoms with Crippen molar-refractivity contribution in [3.05, 3.63) is 29.3 Å². The lowest BCUT2D eigenvalue weighted by Crippen LogP contribution is -2.35. The summed E-state index contributed by atoms with van der Waals surface area (Å²) < 4.78 is 32.6. The third kappa shape index (κ3) is 5.54. The fourth-order valence-electron chi connectivity index (χ4n) is 1.55. The number of unbranched alkanes of at least 4 members (excludes halogenated alkanes) is 1. The molecule has 1 aromatic carbocycles. The lowest BCUT2D eigenvalue weighted by atomic mass is 10.1. The lowest BCUT2D eigenvalue weighted by Gasteiger charge is -2.20. The van der Waals surface area contributed by atoms with Crippen LogP contribution in [0.3, 0.4) is 0 Å². The summed E-state index contributed by atoms with van der Waals surface area (Å²) in [5.74, 6) is -1.80. The van der Waals surface area contributed by atoms with Crippen LogP contribution < -0.4 is 10.1 Å². The molecule has 20 heavy (non-hydrogen) atoms. The monoisotopic (exact) mass is 282 g/mol. The van der Waals surface area contributed by atoms with Crippen LogP contribution >= 0.6 is 0 Å². The molecule has 0 aliphatic rings. The second kappa shape index (κ2) is 7.20. The van der Waals surface area contributed by atoms with Crippen LogP contribution in [0.25, 0.3) is 0 Å². The van der Waals surface area contributed by atoms with Gasteiger partial charge in [0.2, 0.25) is 0 Å². The minimum atomic E-state index is -0.715. The molecule has 1 N–H and O–H groups in total. The van der Waals surface area contributed by atoms with Crippen molar-refractivity contribution in [1.82, 2.24) is 5.32 Å². The Morgan fingerprint density at radius 1 is 1.25 bits per heavy atom. The average molecular weight is 282 g/mol. The van der Waals surface area contributed by atoms with E-state index in [-0.39, 0.29) is 17.9 Å². The van der Waals surface area contributed by atoms with E-state index in [9.17, 15) is 8.78 Å². The Balaban J connectivity index is 2.69. The first kappa shape index (κ1) is 16.4. The smallest absolute Gasteiger partial charge is 0.190 e. The first-order chi connectivity index (χ1) is 9.33. The highest BCUT2D eigenvalue weighted by molar-refractivity contribution is 5.31. The first-order valence-corrected chi connectivity index (χ1v) is 6.56. The average Bonchev–Trinajstić information content (AvgIpc) is 2.34. The Kier molecular flexibility index (Phi) is 5.90. The Bertz CT molecular complexity index is 467. The van der Waals surface area contributed by atoms with Gasteiger partial charge >= 0.3 is 0 Å². The molecule has 0 aliphatic heterocycles. The van der Waals surface area contributed by atoms with E-state index in [0.29, 0.717) is 24.9 Å². The zero-order valence-electron chi connectivity index (χ0n) is 12.1. The quantitative estimate of drug-likeness (QED) is 0.812. The van der Waals surface area contributed by atoms with Gasteiger partial charge in [0.25, 0.3) is 0 Å². The second-order valence-corrected chi connectivity index (χ2v) is 5.60. The van der Waals surface area contributed by atoms with E-state index in [0.717, 1.165) is 0 Å². The van der Waals surface area contributed by atoms with E-state index >= 15 is 0 Å². The molecule has 1 rings (SSSR count). The van der Waals surface area contributed by atoms with Crippen LogP contribution in [-0.2, 0) is 6.54 Å². The normalized spacial score (nSPS) is 11.2. The van der Waals surface area contributed by atoms with Gasteiger partial charge in [-0.15, -0.1) is 0 Å². The van der Waals surface area contributed by atoms with E-state index in [2.05, 4.69) is 5.32 Å². The number of hydrogen-bond acceptors (Lipinski definition) is 3. The molecule has 0 saturated carbocycles. The van der Waals surface area contributed by atoms with Gasteiger partial charge in [-0.3, -0.25) is 0 Å². The van der Waals surface area contributed by atoms with Crippen LogP contribution in [0.2, 0.25) is 0 Å². The van der Waals surface area contributed by atoms with Crippen LogP contribution in [0.4, 0.5) is 8.78 Å². The fourth-order valence-corrected chi connectivity index (χ4v) is 1.55. The Hall–Kier alpha value is -1.67. The second-order valence-electron chi connectivity index (χ2n) is 5.60. The SMILES string of the molecule is CC(C)(C)NCc1cc(F)c(OCCCC#N)c(F)c1. The van der Waals surface area contributed by atoms with Gasteiger partial charge < -0.3 is 10.1 Å². The summed E-state index contributed by atoms with van der Waals surface area (Å²) in [6, 6.07) is 4.48. The van der Waals surface area contributed by atoms with Gasteiger partial charge in [0.15, 0.2) is 17.4 Å². The van der Waals surface area contributed by atoms with E-state index < -0.39 is 11.6 Å². The molecule has 0 aliphatic carbocycles. The fraction of sp³-hybridized carbons (Fsp3) is 0.533. The van der Waals surface area contributed by atoms with Crippen LogP contribution in [0.5, 0.6) is 5.75 Å². The van der Waals surface area contributed by atoms with Gasteiger partial charge in [0, 0.05) is 18.5 Å². The Morgan fingerprint density at radius 3 is 2.35 bits per heavy atom. The molecule has 5 heteroatoms. The van der Waals surface area contributed by atoms with Gasteiger partial charge in [0.1, 0.15) is 0 Å². The zero-order valence-corrected chi connectivity index (χ0v) is 12.1. The van der Waals surface area contributed by atoms with E-state index in [1.807, 2.05) is 26.8 Å². The maximum Gasteiger partial charge on any atom is 0.190 e. The van der Waals surface area contributed by atoms with Crippen molar-refractivity contribution in [2.45, 2.75) is 45.7 Å². The molecule has 0 atom stereocenters. The minimum Gasteiger partial charge on any atom is -0.488 e. The predicted octanol–water partition coefficient (Wildman–Crippen LogP) is 3.54. The molecule has 0 radical (unpaired) electrons. The molecule has 0 unspecified atom stereocenters. The number of rotatable bonds is 6. The molecule has 0 amide bonds. The van der Waals surface area contributed by atoms with Crippen LogP contribution in [0.15, 0.2) is 12.1 Å². The summed E-state index contributed by atoms with van der Waals surface area (Å²) in [5, 5.41) is 11.5. The van der Waals surface area contributed by atoms with E-state index in [4.69, 9.17) is 10.00 Å².